The zero-order chi connectivity index (χ0) is 10.1. The predicted molar refractivity (Wildman–Crippen MR) is 54.8 cm³/mol. The summed E-state index contributed by atoms with van der Waals surface area (Å²) in [6.07, 6.45) is 0. The van der Waals surface area contributed by atoms with E-state index in [0.29, 0.717) is 6.54 Å². The van der Waals surface area contributed by atoms with Gasteiger partial charge in [-0.3, -0.25) is 0 Å². The number of rotatable bonds is 1. The molecule has 1 aliphatic heterocycles. The second kappa shape index (κ2) is 3.21. The number of anilines is 1. The number of likely N-dealkylation sites (N-methyl/N-ethyl adjacent to an activating group) is 1. The van der Waals surface area contributed by atoms with Crippen LogP contribution in [-0.4, -0.2) is 24.5 Å². The third-order valence-electron chi connectivity index (χ3n) is 2.41. The molecule has 14 heavy (non-hydrogen) atoms. The molecule has 1 aliphatic rings. The van der Waals surface area contributed by atoms with Gasteiger partial charge in [-0.1, -0.05) is 12.1 Å². The summed E-state index contributed by atoms with van der Waals surface area (Å²) in [6.45, 7) is 0.697. The standard InChI is InChI=1S/C10H13N3O/c1-13-6-9(12-10(13)14)7-3-2-4-8(11)5-7/h2-5,9H,6,11H2,1H3,(H,12,14). The van der Waals surface area contributed by atoms with Gasteiger partial charge in [0.1, 0.15) is 0 Å². The first kappa shape index (κ1) is 8.87. The smallest absolute Gasteiger partial charge is 0.317 e. The molecular formula is C10H13N3O. The largest absolute Gasteiger partial charge is 0.399 e. The third kappa shape index (κ3) is 1.51. The van der Waals surface area contributed by atoms with Crippen LogP contribution in [0.1, 0.15) is 11.6 Å². The van der Waals surface area contributed by atoms with Crippen LogP contribution >= 0.6 is 0 Å². The normalized spacial score (nSPS) is 21.1. The van der Waals surface area contributed by atoms with Gasteiger partial charge in [0.25, 0.3) is 0 Å². The summed E-state index contributed by atoms with van der Waals surface area (Å²) in [5.41, 5.74) is 7.46. The van der Waals surface area contributed by atoms with Crippen LogP contribution in [0.5, 0.6) is 0 Å². The minimum Gasteiger partial charge on any atom is -0.399 e. The zero-order valence-corrected chi connectivity index (χ0v) is 8.03. The molecule has 2 amide bonds. The number of hydrogen-bond acceptors (Lipinski definition) is 2. The van der Waals surface area contributed by atoms with Crippen LogP contribution < -0.4 is 11.1 Å². The summed E-state index contributed by atoms with van der Waals surface area (Å²) >= 11 is 0. The molecule has 1 aromatic carbocycles. The summed E-state index contributed by atoms with van der Waals surface area (Å²) in [5, 5.41) is 2.88. The van der Waals surface area contributed by atoms with E-state index in [4.69, 9.17) is 5.73 Å². The van der Waals surface area contributed by atoms with Crippen molar-refractivity contribution in [2.24, 2.45) is 0 Å². The maximum absolute atomic E-state index is 11.2. The average Bonchev–Trinajstić information content (AvgIpc) is 2.47. The fourth-order valence-corrected chi connectivity index (χ4v) is 1.63. The molecule has 0 aliphatic carbocycles. The van der Waals surface area contributed by atoms with Crippen molar-refractivity contribution in [2.45, 2.75) is 6.04 Å². The molecular weight excluding hydrogens is 178 g/mol. The Morgan fingerprint density at radius 1 is 1.57 bits per heavy atom. The number of hydrogen-bond donors (Lipinski definition) is 2. The summed E-state index contributed by atoms with van der Waals surface area (Å²) in [5.74, 6) is 0. The van der Waals surface area contributed by atoms with Gasteiger partial charge in [-0.05, 0) is 17.7 Å². The summed E-state index contributed by atoms with van der Waals surface area (Å²) < 4.78 is 0. The first-order valence-corrected chi connectivity index (χ1v) is 4.54. The van der Waals surface area contributed by atoms with Crippen molar-refractivity contribution in [3.05, 3.63) is 29.8 Å². The van der Waals surface area contributed by atoms with Crippen LogP contribution in [0.15, 0.2) is 24.3 Å². The molecule has 3 N–H and O–H groups in total. The lowest BCUT2D eigenvalue weighted by molar-refractivity contribution is 0.226. The minimum absolute atomic E-state index is 0.0302. The van der Waals surface area contributed by atoms with Crippen molar-refractivity contribution in [1.29, 1.82) is 0 Å². The van der Waals surface area contributed by atoms with Gasteiger partial charge in [0, 0.05) is 19.3 Å². The fraction of sp³-hybridized carbons (Fsp3) is 0.300. The molecule has 0 aromatic heterocycles. The second-order valence-corrected chi connectivity index (χ2v) is 3.55. The average molecular weight is 191 g/mol. The fourth-order valence-electron chi connectivity index (χ4n) is 1.63. The monoisotopic (exact) mass is 191 g/mol. The van der Waals surface area contributed by atoms with E-state index in [9.17, 15) is 4.79 Å². The summed E-state index contributed by atoms with van der Waals surface area (Å²) in [6, 6.07) is 7.64. The Labute approximate surface area is 82.7 Å². The Morgan fingerprint density at radius 2 is 2.36 bits per heavy atom. The third-order valence-corrected chi connectivity index (χ3v) is 2.41. The Kier molecular flexibility index (Phi) is 2.04. The second-order valence-electron chi connectivity index (χ2n) is 3.55. The number of benzene rings is 1. The number of carbonyl (C=O) groups is 1. The van der Waals surface area contributed by atoms with E-state index in [1.165, 1.54) is 0 Å². The topological polar surface area (TPSA) is 58.4 Å². The lowest BCUT2D eigenvalue weighted by Gasteiger charge is -2.09. The van der Waals surface area contributed by atoms with Crippen LogP contribution in [0.3, 0.4) is 0 Å². The van der Waals surface area contributed by atoms with Gasteiger partial charge in [-0.2, -0.15) is 0 Å². The van der Waals surface area contributed by atoms with Gasteiger partial charge < -0.3 is 16.0 Å². The van der Waals surface area contributed by atoms with E-state index in [-0.39, 0.29) is 12.1 Å². The molecule has 0 bridgehead atoms. The molecule has 74 valence electrons. The highest BCUT2D eigenvalue weighted by Gasteiger charge is 2.26. The Morgan fingerprint density at radius 3 is 2.93 bits per heavy atom. The highest BCUT2D eigenvalue weighted by atomic mass is 16.2. The lowest BCUT2D eigenvalue weighted by atomic mass is 10.1. The Balaban J connectivity index is 2.21. The molecule has 0 radical (unpaired) electrons. The number of carbonyl (C=O) groups excluding carboxylic acids is 1. The van der Waals surface area contributed by atoms with Crippen molar-refractivity contribution in [2.75, 3.05) is 19.3 Å². The highest BCUT2D eigenvalue weighted by Crippen LogP contribution is 2.20. The van der Waals surface area contributed by atoms with Crippen molar-refractivity contribution in [1.82, 2.24) is 10.2 Å². The Hall–Kier alpha value is -1.71. The van der Waals surface area contributed by atoms with E-state index < -0.39 is 0 Å². The number of nitrogens with two attached hydrogens (primary N) is 1. The van der Waals surface area contributed by atoms with E-state index in [1.54, 1.807) is 11.9 Å². The van der Waals surface area contributed by atoms with Crippen LogP contribution in [-0.2, 0) is 0 Å². The van der Waals surface area contributed by atoms with Crippen molar-refractivity contribution in [3.63, 3.8) is 0 Å². The lowest BCUT2D eigenvalue weighted by Crippen LogP contribution is -2.23. The number of nitrogens with zero attached hydrogens (tertiary/aromatic N) is 1. The van der Waals surface area contributed by atoms with Crippen LogP contribution in [0.4, 0.5) is 10.5 Å². The van der Waals surface area contributed by atoms with Gasteiger partial charge in [0.15, 0.2) is 0 Å². The molecule has 1 fully saturated rings. The van der Waals surface area contributed by atoms with Crippen LogP contribution in [0, 0.1) is 0 Å². The quantitative estimate of drug-likeness (QED) is 0.650. The first-order chi connectivity index (χ1) is 6.66. The molecule has 0 saturated carbocycles. The van der Waals surface area contributed by atoms with Gasteiger partial charge >= 0.3 is 6.03 Å². The number of nitrogen functional groups attached to an aromatic ring is 1. The SMILES string of the molecule is CN1CC(c2cccc(N)c2)NC1=O. The predicted octanol–water partition coefficient (Wildman–Crippen LogP) is 0.965. The van der Waals surface area contributed by atoms with E-state index in [0.717, 1.165) is 11.3 Å². The van der Waals surface area contributed by atoms with Crippen molar-refractivity contribution >= 4 is 11.7 Å². The highest BCUT2D eigenvalue weighted by molar-refractivity contribution is 5.77. The summed E-state index contributed by atoms with van der Waals surface area (Å²) in [7, 11) is 1.78. The maximum Gasteiger partial charge on any atom is 0.317 e. The number of urea groups is 1. The van der Waals surface area contributed by atoms with Gasteiger partial charge in [-0.15, -0.1) is 0 Å². The zero-order valence-electron chi connectivity index (χ0n) is 8.03. The molecule has 1 unspecified atom stereocenters. The molecule has 4 nitrogen and oxygen atoms in total. The molecule has 1 heterocycles. The molecule has 1 saturated heterocycles. The van der Waals surface area contributed by atoms with Crippen LogP contribution in [0.2, 0.25) is 0 Å². The van der Waals surface area contributed by atoms with Crippen molar-refractivity contribution < 1.29 is 4.79 Å². The molecule has 1 aromatic rings. The first-order valence-electron chi connectivity index (χ1n) is 4.54. The van der Waals surface area contributed by atoms with E-state index in [2.05, 4.69) is 5.32 Å². The van der Waals surface area contributed by atoms with Gasteiger partial charge in [0.05, 0.1) is 6.04 Å². The van der Waals surface area contributed by atoms with Gasteiger partial charge in [-0.25, -0.2) is 4.79 Å². The van der Waals surface area contributed by atoms with Crippen molar-refractivity contribution in [3.8, 4) is 0 Å². The number of nitrogens with one attached hydrogen (secondary N) is 1. The molecule has 2 rings (SSSR count). The Bertz CT molecular complexity index is 364. The van der Waals surface area contributed by atoms with E-state index >= 15 is 0 Å². The minimum atomic E-state index is -0.0302. The molecule has 1 atom stereocenters. The molecule has 0 spiro atoms. The maximum atomic E-state index is 11.2. The van der Waals surface area contributed by atoms with E-state index in [1.807, 2.05) is 24.3 Å². The number of amides is 2. The van der Waals surface area contributed by atoms with Crippen LogP contribution in [0.25, 0.3) is 0 Å². The van der Waals surface area contributed by atoms with Gasteiger partial charge in [0.2, 0.25) is 0 Å². The molecule has 4 heteroatoms. The summed E-state index contributed by atoms with van der Waals surface area (Å²) in [4.78, 5) is 12.9.